The molecule has 0 aliphatic carbocycles. The maximum atomic E-state index is 12.5. The highest BCUT2D eigenvalue weighted by molar-refractivity contribution is 6.30. The van der Waals surface area contributed by atoms with E-state index in [4.69, 9.17) is 21.6 Å². The summed E-state index contributed by atoms with van der Waals surface area (Å²) in [5.74, 6) is -1.06. The molecule has 3 rings (SSSR count). The van der Waals surface area contributed by atoms with Crippen LogP contribution in [0.2, 0.25) is 5.02 Å². The van der Waals surface area contributed by atoms with Gasteiger partial charge in [-0.3, -0.25) is 9.89 Å². The standard InChI is InChI=1S/C19H15ClN4O3/c20-15-3-1-4-16(10-15)24(8-2-7-21)18(25)12-27-19(26)13-5-6-14-11-22-23-17(14)9-13/h1,3-6,9-11H,2,8,12H2,(H,22,23). The monoisotopic (exact) mass is 382 g/mol. The molecular weight excluding hydrogens is 368 g/mol. The average molecular weight is 383 g/mol. The van der Waals surface area contributed by atoms with Gasteiger partial charge in [-0.2, -0.15) is 10.4 Å². The van der Waals surface area contributed by atoms with Crippen molar-refractivity contribution in [1.82, 2.24) is 10.2 Å². The molecular formula is C19H15ClN4O3. The number of aromatic nitrogens is 2. The Labute approximate surface area is 160 Å². The van der Waals surface area contributed by atoms with Crippen molar-refractivity contribution in [2.75, 3.05) is 18.1 Å². The summed E-state index contributed by atoms with van der Waals surface area (Å²) in [6.45, 7) is -0.273. The smallest absolute Gasteiger partial charge is 0.338 e. The zero-order chi connectivity index (χ0) is 19.2. The van der Waals surface area contributed by atoms with Gasteiger partial charge >= 0.3 is 5.97 Å². The summed E-state index contributed by atoms with van der Waals surface area (Å²) in [6.07, 6.45) is 1.79. The average Bonchev–Trinajstić information content (AvgIpc) is 3.14. The summed E-state index contributed by atoms with van der Waals surface area (Å²) in [6, 6.07) is 13.7. The van der Waals surface area contributed by atoms with E-state index in [0.717, 1.165) is 5.39 Å². The Balaban J connectivity index is 1.69. The lowest BCUT2D eigenvalue weighted by Crippen LogP contribution is -2.35. The molecule has 0 radical (unpaired) electrons. The fourth-order valence-electron chi connectivity index (χ4n) is 2.56. The van der Waals surface area contributed by atoms with E-state index in [9.17, 15) is 9.59 Å². The van der Waals surface area contributed by atoms with Crippen LogP contribution in [0.1, 0.15) is 16.8 Å². The number of nitriles is 1. The van der Waals surface area contributed by atoms with Gasteiger partial charge in [0, 0.05) is 22.6 Å². The number of benzene rings is 2. The molecule has 0 aliphatic heterocycles. The molecule has 1 N–H and O–H groups in total. The first-order chi connectivity index (χ1) is 13.1. The number of nitrogens with zero attached hydrogens (tertiary/aromatic N) is 3. The van der Waals surface area contributed by atoms with Crippen molar-refractivity contribution in [3.63, 3.8) is 0 Å². The van der Waals surface area contributed by atoms with E-state index in [0.29, 0.717) is 21.8 Å². The second kappa shape index (κ2) is 8.34. The van der Waals surface area contributed by atoms with Crippen LogP contribution < -0.4 is 4.90 Å². The summed E-state index contributed by atoms with van der Waals surface area (Å²) in [7, 11) is 0. The lowest BCUT2D eigenvalue weighted by atomic mass is 10.2. The van der Waals surface area contributed by atoms with E-state index >= 15 is 0 Å². The number of nitrogens with one attached hydrogen (secondary N) is 1. The summed E-state index contributed by atoms with van der Waals surface area (Å²) >= 11 is 5.98. The maximum Gasteiger partial charge on any atom is 0.338 e. The van der Waals surface area contributed by atoms with Gasteiger partial charge in [0.15, 0.2) is 6.61 Å². The van der Waals surface area contributed by atoms with Gasteiger partial charge in [-0.25, -0.2) is 4.79 Å². The first kappa shape index (κ1) is 18.4. The quantitative estimate of drug-likeness (QED) is 0.659. The normalized spacial score (nSPS) is 10.4. The summed E-state index contributed by atoms with van der Waals surface area (Å²) in [4.78, 5) is 26.2. The maximum absolute atomic E-state index is 12.5. The van der Waals surface area contributed by atoms with Crippen LogP contribution in [0.3, 0.4) is 0 Å². The SMILES string of the molecule is N#CCCN(C(=O)COC(=O)c1ccc2cn[nH]c2c1)c1cccc(Cl)c1. The van der Waals surface area contributed by atoms with Crippen LogP contribution in [0, 0.1) is 11.3 Å². The van der Waals surface area contributed by atoms with E-state index in [-0.39, 0.29) is 13.0 Å². The Morgan fingerprint density at radius 3 is 2.89 bits per heavy atom. The Morgan fingerprint density at radius 1 is 1.26 bits per heavy atom. The van der Waals surface area contributed by atoms with Crippen LogP contribution in [-0.2, 0) is 9.53 Å². The molecule has 136 valence electrons. The molecule has 0 aliphatic rings. The molecule has 0 saturated heterocycles. The molecule has 8 heteroatoms. The van der Waals surface area contributed by atoms with Crippen molar-refractivity contribution >= 4 is 40.1 Å². The number of rotatable bonds is 6. The minimum Gasteiger partial charge on any atom is -0.452 e. The van der Waals surface area contributed by atoms with Gasteiger partial charge < -0.3 is 9.64 Å². The van der Waals surface area contributed by atoms with Crippen LogP contribution in [0.4, 0.5) is 5.69 Å². The van der Waals surface area contributed by atoms with Gasteiger partial charge in [0.1, 0.15) is 0 Å². The molecule has 0 saturated carbocycles. The lowest BCUT2D eigenvalue weighted by molar-refractivity contribution is -0.121. The Bertz CT molecular complexity index is 1020. The Kier molecular flexibility index (Phi) is 5.69. The van der Waals surface area contributed by atoms with Crippen LogP contribution in [0.15, 0.2) is 48.7 Å². The predicted octanol–water partition coefficient (Wildman–Crippen LogP) is 3.32. The number of fused-ring (bicyclic) bond motifs is 1. The molecule has 0 bridgehead atoms. The van der Waals surface area contributed by atoms with Gasteiger partial charge in [-0.15, -0.1) is 0 Å². The fourth-order valence-corrected chi connectivity index (χ4v) is 2.74. The minimum absolute atomic E-state index is 0.142. The van der Waals surface area contributed by atoms with E-state index in [2.05, 4.69) is 10.2 Å². The van der Waals surface area contributed by atoms with Crippen molar-refractivity contribution in [3.05, 3.63) is 59.2 Å². The van der Waals surface area contributed by atoms with Crippen LogP contribution in [-0.4, -0.2) is 35.2 Å². The second-order valence-electron chi connectivity index (χ2n) is 5.68. The van der Waals surface area contributed by atoms with E-state index in [1.165, 1.54) is 4.90 Å². The van der Waals surface area contributed by atoms with Crippen LogP contribution >= 0.6 is 11.6 Å². The highest BCUT2D eigenvalue weighted by Crippen LogP contribution is 2.20. The van der Waals surface area contributed by atoms with E-state index < -0.39 is 18.5 Å². The molecule has 1 heterocycles. The van der Waals surface area contributed by atoms with E-state index in [1.54, 1.807) is 48.7 Å². The summed E-state index contributed by atoms with van der Waals surface area (Å²) in [5, 5.41) is 16.8. The van der Waals surface area contributed by atoms with Crippen molar-refractivity contribution in [2.24, 2.45) is 0 Å². The number of esters is 1. The van der Waals surface area contributed by atoms with Crippen molar-refractivity contribution in [1.29, 1.82) is 5.26 Å². The van der Waals surface area contributed by atoms with Gasteiger partial charge in [0.25, 0.3) is 5.91 Å². The molecule has 0 unspecified atom stereocenters. The lowest BCUT2D eigenvalue weighted by Gasteiger charge is -2.21. The zero-order valence-electron chi connectivity index (χ0n) is 14.2. The molecule has 1 aromatic heterocycles. The summed E-state index contributed by atoms with van der Waals surface area (Å²) < 4.78 is 5.15. The number of aromatic amines is 1. The Morgan fingerprint density at radius 2 is 2.11 bits per heavy atom. The number of anilines is 1. The van der Waals surface area contributed by atoms with Gasteiger partial charge in [0.05, 0.1) is 29.8 Å². The molecule has 7 nitrogen and oxygen atoms in total. The van der Waals surface area contributed by atoms with Crippen LogP contribution in [0.5, 0.6) is 0 Å². The van der Waals surface area contributed by atoms with Crippen molar-refractivity contribution in [2.45, 2.75) is 6.42 Å². The molecule has 3 aromatic rings. The minimum atomic E-state index is -0.619. The predicted molar refractivity (Wildman–Crippen MR) is 100 cm³/mol. The van der Waals surface area contributed by atoms with Gasteiger partial charge in [0.2, 0.25) is 0 Å². The zero-order valence-corrected chi connectivity index (χ0v) is 14.9. The number of H-pyrrole nitrogens is 1. The third-order valence-corrected chi connectivity index (χ3v) is 4.11. The van der Waals surface area contributed by atoms with Gasteiger partial charge in [-0.05, 0) is 30.3 Å². The molecule has 27 heavy (non-hydrogen) atoms. The number of carbonyl (C=O) groups is 2. The first-order valence-corrected chi connectivity index (χ1v) is 8.49. The van der Waals surface area contributed by atoms with E-state index in [1.807, 2.05) is 6.07 Å². The third kappa shape index (κ3) is 4.43. The highest BCUT2D eigenvalue weighted by atomic mass is 35.5. The van der Waals surface area contributed by atoms with Crippen molar-refractivity contribution in [3.8, 4) is 6.07 Å². The fraction of sp³-hybridized carbons (Fsp3) is 0.158. The highest BCUT2D eigenvalue weighted by Gasteiger charge is 2.18. The molecule has 2 aromatic carbocycles. The number of ether oxygens (including phenoxy) is 1. The Hall–Kier alpha value is -3.37. The molecule has 0 atom stereocenters. The van der Waals surface area contributed by atoms with Gasteiger partial charge in [-0.1, -0.05) is 23.7 Å². The largest absolute Gasteiger partial charge is 0.452 e. The second-order valence-corrected chi connectivity index (χ2v) is 6.12. The number of hydrogen-bond acceptors (Lipinski definition) is 5. The number of hydrogen-bond donors (Lipinski definition) is 1. The van der Waals surface area contributed by atoms with Crippen molar-refractivity contribution < 1.29 is 14.3 Å². The number of carbonyl (C=O) groups excluding carboxylic acids is 2. The third-order valence-electron chi connectivity index (χ3n) is 3.87. The number of halogens is 1. The van der Waals surface area contributed by atoms with Crippen LogP contribution in [0.25, 0.3) is 10.9 Å². The molecule has 0 fully saturated rings. The molecule has 0 spiro atoms. The molecule has 1 amide bonds. The number of amides is 1. The first-order valence-electron chi connectivity index (χ1n) is 8.11. The topological polar surface area (TPSA) is 99.1 Å². The summed E-state index contributed by atoms with van der Waals surface area (Å²) in [5.41, 5.74) is 1.55.